The number of carbonyl (C=O) groups excluding carboxylic acids is 1. The molecule has 0 saturated carbocycles. The lowest BCUT2D eigenvalue weighted by atomic mass is 10.1. The number of rotatable bonds is 3. The molecule has 2 aromatic rings. The first kappa shape index (κ1) is 16.3. The maximum Gasteiger partial charge on any atom is 0.258 e. The van der Waals surface area contributed by atoms with E-state index in [-0.39, 0.29) is 18.1 Å². The lowest BCUT2D eigenvalue weighted by molar-refractivity contribution is -0.124. The van der Waals surface area contributed by atoms with Crippen molar-refractivity contribution in [3.05, 3.63) is 33.0 Å². The van der Waals surface area contributed by atoms with E-state index in [4.69, 9.17) is 16.3 Å². The molecule has 0 fully saturated rings. The van der Waals surface area contributed by atoms with Crippen LogP contribution in [0.4, 0.5) is 0 Å². The van der Waals surface area contributed by atoms with Gasteiger partial charge in [0.1, 0.15) is 5.52 Å². The molecule has 4 nitrogen and oxygen atoms in total. The van der Waals surface area contributed by atoms with Gasteiger partial charge < -0.3 is 10.1 Å². The third-order valence-corrected chi connectivity index (χ3v) is 3.73. The van der Waals surface area contributed by atoms with Crippen LogP contribution in [0.3, 0.4) is 0 Å². The maximum absolute atomic E-state index is 11.9. The first-order chi connectivity index (χ1) is 9.78. The molecule has 0 unspecified atom stereocenters. The molecule has 0 atom stereocenters. The Bertz CT molecular complexity index is 683. The Hall–Kier alpha value is -1.08. The molecule has 0 spiro atoms. The fourth-order valence-corrected chi connectivity index (χ4v) is 3.04. The molecule has 0 bridgehead atoms. The van der Waals surface area contributed by atoms with Crippen LogP contribution in [0.25, 0.3) is 10.9 Å². The molecular formula is C15H16ClIN2O2. The number of hydrogen-bond acceptors (Lipinski definition) is 3. The molecular weight excluding hydrogens is 403 g/mol. The number of halogens is 2. The summed E-state index contributed by atoms with van der Waals surface area (Å²) in [6.45, 7) is 5.72. The molecule has 0 aliphatic rings. The number of nitrogens with one attached hydrogen (secondary N) is 1. The standard InChI is InChI=1S/C15H16ClIN2O2/c1-15(2,3)19-12(20)8-21-14-11(17)7-10(16)9-5-4-6-18-13(9)14/h4-7H,8H2,1-3H3,(H,19,20). The van der Waals surface area contributed by atoms with Crippen molar-refractivity contribution in [3.8, 4) is 5.75 Å². The summed E-state index contributed by atoms with van der Waals surface area (Å²) in [5, 5.41) is 4.29. The average molecular weight is 419 g/mol. The van der Waals surface area contributed by atoms with Crippen LogP contribution in [0.2, 0.25) is 5.02 Å². The van der Waals surface area contributed by atoms with Gasteiger partial charge in [0.05, 0.1) is 8.59 Å². The maximum atomic E-state index is 11.9. The first-order valence-corrected chi connectivity index (χ1v) is 7.90. The summed E-state index contributed by atoms with van der Waals surface area (Å²) < 4.78 is 6.50. The van der Waals surface area contributed by atoms with Gasteiger partial charge in [-0.15, -0.1) is 0 Å². The summed E-state index contributed by atoms with van der Waals surface area (Å²) >= 11 is 8.33. The van der Waals surface area contributed by atoms with E-state index in [1.54, 1.807) is 6.20 Å². The van der Waals surface area contributed by atoms with Crippen molar-refractivity contribution >= 4 is 51.0 Å². The van der Waals surface area contributed by atoms with Crippen molar-refractivity contribution in [2.45, 2.75) is 26.3 Å². The van der Waals surface area contributed by atoms with E-state index in [0.717, 1.165) is 8.96 Å². The van der Waals surface area contributed by atoms with E-state index < -0.39 is 0 Å². The van der Waals surface area contributed by atoms with Crippen LogP contribution in [-0.4, -0.2) is 23.0 Å². The third kappa shape index (κ3) is 4.20. The summed E-state index contributed by atoms with van der Waals surface area (Å²) in [7, 11) is 0. The normalized spacial score (nSPS) is 11.5. The van der Waals surface area contributed by atoms with Gasteiger partial charge >= 0.3 is 0 Å². The largest absolute Gasteiger partial charge is 0.480 e. The number of amides is 1. The number of aromatic nitrogens is 1. The van der Waals surface area contributed by atoms with Gasteiger partial charge in [-0.1, -0.05) is 11.6 Å². The van der Waals surface area contributed by atoms with Gasteiger partial charge in [0, 0.05) is 17.1 Å². The molecule has 6 heteroatoms. The molecule has 1 heterocycles. The molecule has 2 rings (SSSR count). The van der Waals surface area contributed by atoms with E-state index >= 15 is 0 Å². The van der Waals surface area contributed by atoms with Crippen LogP contribution in [0.1, 0.15) is 20.8 Å². The van der Waals surface area contributed by atoms with E-state index in [2.05, 4.69) is 32.9 Å². The number of fused-ring (bicyclic) bond motifs is 1. The molecule has 0 saturated heterocycles. The Labute approximate surface area is 142 Å². The Morgan fingerprint density at radius 3 is 2.86 bits per heavy atom. The van der Waals surface area contributed by atoms with Crippen LogP contribution >= 0.6 is 34.2 Å². The number of nitrogens with zero attached hydrogens (tertiary/aromatic N) is 1. The molecule has 0 radical (unpaired) electrons. The van der Waals surface area contributed by atoms with Crippen LogP contribution < -0.4 is 10.1 Å². The van der Waals surface area contributed by atoms with Crippen LogP contribution in [0, 0.1) is 3.57 Å². The van der Waals surface area contributed by atoms with Crippen molar-refractivity contribution in [2.24, 2.45) is 0 Å². The van der Waals surface area contributed by atoms with Gasteiger partial charge in [-0.25, -0.2) is 0 Å². The molecule has 0 aliphatic carbocycles. The minimum Gasteiger partial charge on any atom is -0.480 e. The van der Waals surface area contributed by atoms with Crippen molar-refractivity contribution in [3.63, 3.8) is 0 Å². The fraction of sp³-hybridized carbons (Fsp3) is 0.333. The highest BCUT2D eigenvalue weighted by Crippen LogP contribution is 2.34. The Balaban J connectivity index is 2.25. The highest BCUT2D eigenvalue weighted by atomic mass is 127. The van der Waals surface area contributed by atoms with E-state index in [9.17, 15) is 4.79 Å². The van der Waals surface area contributed by atoms with E-state index in [1.165, 1.54) is 0 Å². The number of hydrogen-bond donors (Lipinski definition) is 1. The minimum atomic E-state index is -0.284. The second-order valence-corrected chi connectivity index (χ2v) is 7.23. The predicted octanol–water partition coefficient (Wildman–Crippen LogP) is 3.79. The SMILES string of the molecule is CC(C)(C)NC(=O)COc1c(I)cc(Cl)c2cccnc12. The van der Waals surface area contributed by atoms with Crippen LogP contribution in [-0.2, 0) is 4.79 Å². The van der Waals surface area contributed by atoms with Gasteiger partial charge in [-0.3, -0.25) is 9.78 Å². The number of carbonyl (C=O) groups is 1. The summed E-state index contributed by atoms with van der Waals surface area (Å²) in [4.78, 5) is 16.2. The average Bonchev–Trinajstić information content (AvgIpc) is 2.36. The van der Waals surface area contributed by atoms with E-state index in [0.29, 0.717) is 16.3 Å². The van der Waals surface area contributed by atoms with Crippen molar-refractivity contribution in [2.75, 3.05) is 6.61 Å². The molecule has 1 aromatic carbocycles. The van der Waals surface area contributed by atoms with Gasteiger partial charge in [-0.2, -0.15) is 0 Å². The molecule has 1 N–H and O–H groups in total. The fourth-order valence-electron chi connectivity index (χ4n) is 1.88. The van der Waals surface area contributed by atoms with Gasteiger partial charge in [-0.05, 0) is 61.6 Å². The van der Waals surface area contributed by atoms with E-state index in [1.807, 2.05) is 39.0 Å². The summed E-state index contributed by atoms with van der Waals surface area (Å²) in [6, 6.07) is 5.50. The first-order valence-electron chi connectivity index (χ1n) is 6.44. The molecule has 21 heavy (non-hydrogen) atoms. The summed E-state index contributed by atoms with van der Waals surface area (Å²) in [5.74, 6) is 0.414. The summed E-state index contributed by atoms with van der Waals surface area (Å²) in [5.41, 5.74) is 0.381. The van der Waals surface area contributed by atoms with Crippen molar-refractivity contribution < 1.29 is 9.53 Å². The second-order valence-electron chi connectivity index (χ2n) is 5.66. The molecule has 1 amide bonds. The smallest absolute Gasteiger partial charge is 0.258 e. The van der Waals surface area contributed by atoms with Crippen LogP contribution in [0.5, 0.6) is 5.75 Å². The zero-order chi connectivity index (χ0) is 15.6. The predicted molar refractivity (Wildman–Crippen MR) is 92.9 cm³/mol. The summed E-state index contributed by atoms with van der Waals surface area (Å²) in [6.07, 6.45) is 1.68. The van der Waals surface area contributed by atoms with Gasteiger partial charge in [0.2, 0.25) is 0 Å². The lowest BCUT2D eigenvalue weighted by Crippen LogP contribution is -2.43. The number of pyridine rings is 1. The lowest BCUT2D eigenvalue weighted by Gasteiger charge is -2.20. The second kappa shape index (κ2) is 6.36. The highest BCUT2D eigenvalue weighted by molar-refractivity contribution is 14.1. The van der Waals surface area contributed by atoms with Crippen LogP contribution in [0.15, 0.2) is 24.4 Å². The van der Waals surface area contributed by atoms with Gasteiger partial charge in [0.15, 0.2) is 12.4 Å². The van der Waals surface area contributed by atoms with Crippen molar-refractivity contribution in [1.82, 2.24) is 10.3 Å². The molecule has 1 aromatic heterocycles. The topological polar surface area (TPSA) is 51.2 Å². The molecule has 0 aliphatic heterocycles. The quantitative estimate of drug-likeness (QED) is 0.772. The number of ether oxygens (including phenoxy) is 1. The van der Waals surface area contributed by atoms with Crippen molar-refractivity contribution in [1.29, 1.82) is 0 Å². The third-order valence-electron chi connectivity index (χ3n) is 2.61. The highest BCUT2D eigenvalue weighted by Gasteiger charge is 2.16. The number of benzene rings is 1. The minimum absolute atomic E-state index is 0.0550. The zero-order valence-corrected chi connectivity index (χ0v) is 14.9. The Morgan fingerprint density at radius 1 is 1.48 bits per heavy atom. The zero-order valence-electron chi connectivity index (χ0n) is 12.0. The monoisotopic (exact) mass is 418 g/mol. The molecule has 112 valence electrons. The Kier molecular flexibility index (Phi) is 4.93. The van der Waals surface area contributed by atoms with Gasteiger partial charge in [0.25, 0.3) is 5.91 Å². The Morgan fingerprint density at radius 2 is 2.19 bits per heavy atom.